The van der Waals surface area contributed by atoms with Gasteiger partial charge in [-0.1, -0.05) is 11.2 Å². The van der Waals surface area contributed by atoms with Gasteiger partial charge in [0.05, 0.1) is 17.4 Å². The van der Waals surface area contributed by atoms with Crippen LogP contribution in [0, 0.1) is 13.8 Å². The summed E-state index contributed by atoms with van der Waals surface area (Å²) in [5, 5.41) is 11.4. The van der Waals surface area contributed by atoms with E-state index >= 15 is 0 Å². The van der Waals surface area contributed by atoms with E-state index in [1.807, 2.05) is 6.07 Å². The largest absolute Gasteiger partial charge is 0.433 e. The molecule has 0 fully saturated rings. The van der Waals surface area contributed by atoms with Crippen LogP contribution < -0.4 is 0 Å². The standard InChI is InChI=1S/C18H13F3N4O/c1-9-15(10(2)26-25-9)11-6-12-8-23-24-16(12)14(7-11)13-4-3-5-22-17(13)18(19,20)21/h3-8H,1-2H3,(H,23,24). The number of aromatic amines is 1. The fourth-order valence-corrected chi connectivity index (χ4v) is 3.16. The summed E-state index contributed by atoms with van der Waals surface area (Å²) in [5.74, 6) is 0.596. The number of H-pyrrole nitrogens is 1. The van der Waals surface area contributed by atoms with Gasteiger partial charge >= 0.3 is 6.18 Å². The molecule has 0 aliphatic rings. The summed E-state index contributed by atoms with van der Waals surface area (Å²) in [6, 6.07) is 6.41. The second-order valence-corrected chi connectivity index (χ2v) is 5.95. The van der Waals surface area contributed by atoms with Crippen LogP contribution >= 0.6 is 0 Å². The molecule has 0 saturated carbocycles. The number of benzene rings is 1. The quantitative estimate of drug-likeness (QED) is 0.552. The molecular weight excluding hydrogens is 345 g/mol. The minimum Gasteiger partial charge on any atom is -0.361 e. The van der Waals surface area contributed by atoms with Gasteiger partial charge in [-0.3, -0.25) is 10.1 Å². The topological polar surface area (TPSA) is 67.6 Å². The average molecular weight is 358 g/mol. The number of nitrogens with one attached hydrogen (secondary N) is 1. The Morgan fingerprint density at radius 1 is 1.12 bits per heavy atom. The third kappa shape index (κ3) is 2.54. The normalized spacial score (nSPS) is 12.0. The van der Waals surface area contributed by atoms with Crippen LogP contribution in [0.2, 0.25) is 0 Å². The smallest absolute Gasteiger partial charge is 0.361 e. The Kier molecular flexibility index (Phi) is 3.57. The summed E-state index contributed by atoms with van der Waals surface area (Å²) in [4.78, 5) is 3.55. The van der Waals surface area contributed by atoms with Crippen LogP contribution in [-0.4, -0.2) is 20.3 Å². The molecule has 4 aromatic rings. The summed E-state index contributed by atoms with van der Waals surface area (Å²) in [7, 11) is 0. The zero-order valence-corrected chi connectivity index (χ0v) is 13.8. The van der Waals surface area contributed by atoms with E-state index < -0.39 is 11.9 Å². The van der Waals surface area contributed by atoms with Gasteiger partial charge in [-0.2, -0.15) is 18.3 Å². The SMILES string of the molecule is Cc1noc(C)c1-c1cc(-c2cccnc2C(F)(F)F)c2[nH]ncc2c1. The van der Waals surface area contributed by atoms with Crippen LogP contribution in [0.3, 0.4) is 0 Å². The fourth-order valence-electron chi connectivity index (χ4n) is 3.16. The van der Waals surface area contributed by atoms with Crippen LogP contribution in [0.25, 0.3) is 33.2 Å². The van der Waals surface area contributed by atoms with E-state index in [0.717, 1.165) is 11.8 Å². The summed E-state index contributed by atoms with van der Waals surface area (Å²) in [5.41, 5.74) is 2.07. The van der Waals surface area contributed by atoms with Crippen molar-refractivity contribution in [3.05, 3.63) is 53.8 Å². The van der Waals surface area contributed by atoms with Crippen LogP contribution in [-0.2, 0) is 6.18 Å². The summed E-state index contributed by atoms with van der Waals surface area (Å²) in [6.07, 6.45) is -1.86. The molecule has 3 heterocycles. The molecule has 26 heavy (non-hydrogen) atoms. The van der Waals surface area contributed by atoms with E-state index in [0.29, 0.717) is 33.5 Å². The van der Waals surface area contributed by atoms with Crippen molar-refractivity contribution in [1.82, 2.24) is 20.3 Å². The number of hydrogen-bond acceptors (Lipinski definition) is 4. The molecule has 0 atom stereocenters. The van der Waals surface area contributed by atoms with Gasteiger partial charge in [0.1, 0.15) is 5.76 Å². The maximum absolute atomic E-state index is 13.4. The third-order valence-electron chi connectivity index (χ3n) is 4.24. The Morgan fingerprint density at radius 3 is 2.62 bits per heavy atom. The minimum atomic E-state index is -4.57. The zero-order chi connectivity index (χ0) is 18.5. The number of aryl methyl sites for hydroxylation is 2. The number of halogens is 3. The highest BCUT2D eigenvalue weighted by atomic mass is 19.4. The minimum absolute atomic E-state index is 0.0112. The monoisotopic (exact) mass is 358 g/mol. The van der Waals surface area contributed by atoms with E-state index in [-0.39, 0.29) is 5.56 Å². The van der Waals surface area contributed by atoms with Crippen molar-refractivity contribution in [3.63, 3.8) is 0 Å². The Bertz CT molecular complexity index is 1090. The van der Waals surface area contributed by atoms with E-state index in [4.69, 9.17) is 4.52 Å². The van der Waals surface area contributed by atoms with E-state index in [1.54, 1.807) is 26.1 Å². The van der Waals surface area contributed by atoms with E-state index in [2.05, 4.69) is 20.3 Å². The molecule has 3 aromatic heterocycles. The molecule has 1 N–H and O–H groups in total. The molecule has 1 aromatic carbocycles. The van der Waals surface area contributed by atoms with Gasteiger partial charge in [0, 0.05) is 28.3 Å². The molecule has 0 unspecified atom stereocenters. The first kappa shape index (κ1) is 16.3. The number of hydrogen-bond donors (Lipinski definition) is 1. The molecule has 0 amide bonds. The molecule has 0 spiro atoms. The van der Waals surface area contributed by atoms with Gasteiger partial charge in [0.15, 0.2) is 5.69 Å². The lowest BCUT2D eigenvalue weighted by Crippen LogP contribution is -2.09. The van der Waals surface area contributed by atoms with Gasteiger partial charge in [0.25, 0.3) is 0 Å². The van der Waals surface area contributed by atoms with Gasteiger partial charge in [-0.15, -0.1) is 0 Å². The molecule has 0 aliphatic heterocycles. The van der Waals surface area contributed by atoms with Gasteiger partial charge in [0.2, 0.25) is 0 Å². The first-order valence-electron chi connectivity index (χ1n) is 7.79. The summed E-state index contributed by atoms with van der Waals surface area (Å²) in [6.45, 7) is 3.55. The Hall–Kier alpha value is -3.16. The number of nitrogens with zero attached hydrogens (tertiary/aromatic N) is 3. The Labute approximate surface area is 145 Å². The lowest BCUT2D eigenvalue weighted by molar-refractivity contribution is -0.140. The number of pyridine rings is 1. The van der Waals surface area contributed by atoms with Crippen LogP contribution in [0.15, 0.2) is 41.2 Å². The highest BCUT2D eigenvalue weighted by Gasteiger charge is 2.36. The summed E-state index contributed by atoms with van der Waals surface area (Å²) < 4.78 is 45.5. The van der Waals surface area contributed by atoms with Crippen LogP contribution in [0.1, 0.15) is 17.1 Å². The lowest BCUT2D eigenvalue weighted by Gasteiger charge is -2.13. The molecule has 5 nitrogen and oxygen atoms in total. The summed E-state index contributed by atoms with van der Waals surface area (Å²) >= 11 is 0. The third-order valence-corrected chi connectivity index (χ3v) is 4.24. The molecule has 0 radical (unpaired) electrons. The van der Waals surface area contributed by atoms with Crippen molar-refractivity contribution in [2.45, 2.75) is 20.0 Å². The van der Waals surface area contributed by atoms with Crippen molar-refractivity contribution in [1.29, 1.82) is 0 Å². The van der Waals surface area contributed by atoms with Crippen molar-refractivity contribution in [3.8, 4) is 22.3 Å². The molecule has 132 valence electrons. The van der Waals surface area contributed by atoms with Gasteiger partial charge in [-0.05, 0) is 37.6 Å². The molecule has 0 bridgehead atoms. The lowest BCUT2D eigenvalue weighted by atomic mass is 9.95. The number of aromatic nitrogens is 4. The number of fused-ring (bicyclic) bond motifs is 1. The van der Waals surface area contributed by atoms with Crippen LogP contribution in [0.5, 0.6) is 0 Å². The Morgan fingerprint density at radius 2 is 1.92 bits per heavy atom. The second kappa shape index (κ2) is 5.69. The van der Waals surface area contributed by atoms with Gasteiger partial charge in [-0.25, -0.2) is 0 Å². The zero-order valence-electron chi connectivity index (χ0n) is 13.8. The van der Waals surface area contributed by atoms with E-state index in [9.17, 15) is 13.2 Å². The second-order valence-electron chi connectivity index (χ2n) is 5.95. The maximum atomic E-state index is 13.4. The first-order valence-corrected chi connectivity index (χ1v) is 7.79. The molecular formula is C18H13F3N4O. The molecule has 4 rings (SSSR count). The molecule has 8 heteroatoms. The van der Waals surface area contributed by atoms with Crippen LogP contribution in [0.4, 0.5) is 13.2 Å². The predicted molar refractivity (Wildman–Crippen MR) is 89.3 cm³/mol. The average Bonchev–Trinajstić information content (AvgIpc) is 3.19. The molecule has 0 saturated heterocycles. The van der Waals surface area contributed by atoms with Crippen molar-refractivity contribution >= 4 is 10.9 Å². The first-order chi connectivity index (χ1) is 12.4. The van der Waals surface area contributed by atoms with Gasteiger partial charge < -0.3 is 4.52 Å². The fraction of sp³-hybridized carbons (Fsp3) is 0.167. The number of rotatable bonds is 2. The Balaban J connectivity index is 2.05. The van der Waals surface area contributed by atoms with Crippen molar-refractivity contribution in [2.75, 3.05) is 0 Å². The van der Waals surface area contributed by atoms with E-state index in [1.165, 1.54) is 12.1 Å². The molecule has 0 aliphatic carbocycles. The predicted octanol–water partition coefficient (Wildman–Crippen LogP) is 4.92. The number of alkyl halides is 3. The highest BCUT2D eigenvalue weighted by Crippen LogP contribution is 2.40. The van der Waals surface area contributed by atoms with Crippen molar-refractivity contribution in [2.24, 2.45) is 0 Å². The highest BCUT2D eigenvalue weighted by molar-refractivity contribution is 5.98. The van der Waals surface area contributed by atoms with Crippen molar-refractivity contribution < 1.29 is 17.7 Å². The maximum Gasteiger partial charge on any atom is 0.433 e.